The molecule has 0 spiro atoms. The van der Waals surface area contributed by atoms with Gasteiger partial charge in [0.05, 0.1) is 5.75 Å². The molecule has 4 rings (SSSR count). The smallest absolute Gasteiger partial charge is 0.247 e. The number of hydrogen-bond acceptors (Lipinski definition) is 6. The van der Waals surface area contributed by atoms with E-state index in [-0.39, 0.29) is 0 Å². The van der Waals surface area contributed by atoms with Gasteiger partial charge in [0.2, 0.25) is 11.8 Å². The van der Waals surface area contributed by atoms with Gasteiger partial charge in [0.25, 0.3) is 0 Å². The fourth-order valence-electron chi connectivity index (χ4n) is 2.64. The molecule has 0 bridgehead atoms. The van der Waals surface area contributed by atoms with Crippen LogP contribution in [0.15, 0.2) is 62.6 Å². The van der Waals surface area contributed by atoms with E-state index in [4.69, 9.17) is 16.0 Å². The molecule has 2 aromatic carbocycles. The molecule has 0 aliphatic rings. The van der Waals surface area contributed by atoms with Crippen LogP contribution in [0.25, 0.3) is 22.8 Å². The molecule has 142 valence electrons. The molecule has 0 saturated heterocycles. The van der Waals surface area contributed by atoms with Crippen LogP contribution in [0.3, 0.4) is 0 Å². The van der Waals surface area contributed by atoms with E-state index >= 15 is 0 Å². The van der Waals surface area contributed by atoms with Crippen molar-refractivity contribution >= 4 is 39.3 Å². The van der Waals surface area contributed by atoms with Crippen LogP contribution in [-0.2, 0) is 12.3 Å². The molecule has 9 heteroatoms. The van der Waals surface area contributed by atoms with E-state index in [1.807, 2.05) is 36.4 Å². The van der Waals surface area contributed by atoms with E-state index in [1.165, 1.54) is 11.8 Å². The van der Waals surface area contributed by atoms with Gasteiger partial charge in [-0.15, -0.1) is 20.4 Å². The predicted octanol–water partition coefficient (Wildman–Crippen LogP) is 5.72. The van der Waals surface area contributed by atoms with Gasteiger partial charge in [-0.3, -0.25) is 0 Å². The van der Waals surface area contributed by atoms with E-state index in [1.54, 1.807) is 12.1 Å². The summed E-state index contributed by atoms with van der Waals surface area (Å²) >= 11 is 10.9. The molecular weight excluding hydrogens is 462 g/mol. The van der Waals surface area contributed by atoms with Gasteiger partial charge in [-0.25, -0.2) is 0 Å². The molecule has 0 radical (unpaired) electrons. The van der Waals surface area contributed by atoms with Crippen molar-refractivity contribution in [2.75, 3.05) is 0 Å². The summed E-state index contributed by atoms with van der Waals surface area (Å²) in [5.74, 6) is 2.36. The second-order valence-electron chi connectivity index (χ2n) is 5.85. The van der Waals surface area contributed by atoms with Crippen molar-refractivity contribution in [1.29, 1.82) is 0 Å². The Morgan fingerprint density at radius 2 is 1.68 bits per heavy atom. The monoisotopic (exact) mass is 475 g/mol. The highest BCUT2D eigenvalue weighted by Crippen LogP contribution is 2.28. The summed E-state index contributed by atoms with van der Waals surface area (Å²) in [6.45, 7) is 2.84. The molecule has 0 saturated carbocycles. The van der Waals surface area contributed by atoms with Crippen LogP contribution < -0.4 is 0 Å². The first kappa shape index (κ1) is 19.2. The molecule has 0 aliphatic carbocycles. The molecule has 0 unspecified atom stereocenters. The Labute approximate surface area is 179 Å². The average molecular weight is 477 g/mol. The van der Waals surface area contributed by atoms with Gasteiger partial charge in [-0.1, -0.05) is 51.4 Å². The lowest BCUT2D eigenvalue weighted by atomic mass is 10.2. The zero-order valence-corrected chi connectivity index (χ0v) is 18.0. The highest BCUT2D eigenvalue weighted by atomic mass is 79.9. The maximum Gasteiger partial charge on any atom is 0.247 e. The first-order valence-electron chi connectivity index (χ1n) is 8.54. The standard InChI is InChI=1S/C19H15BrClN5OS/c1-2-26-17(12-3-7-14(20)8-4-12)23-25-19(26)28-11-16-22-24-18(27-16)13-5-9-15(21)10-6-13/h3-10H,2,11H2,1H3. The van der Waals surface area contributed by atoms with Crippen LogP contribution in [0, 0.1) is 0 Å². The van der Waals surface area contributed by atoms with E-state index < -0.39 is 0 Å². The summed E-state index contributed by atoms with van der Waals surface area (Å²) in [7, 11) is 0. The Hall–Kier alpha value is -2.16. The van der Waals surface area contributed by atoms with Crippen molar-refractivity contribution in [3.63, 3.8) is 0 Å². The first-order valence-corrected chi connectivity index (χ1v) is 10.7. The second kappa shape index (κ2) is 8.46. The first-order chi connectivity index (χ1) is 13.6. The fourth-order valence-corrected chi connectivity index (χ4v) is 3.87. The van der Waals surface area contributed by atoms with Crippen molar-refractivity contribution in [2.24, 2.45) is 0 Å². The van der Waals surface area contributed by atoms with Crippen LogP contribution in [0.2, 0.25) is 5.02 Å². The van der Waals surface area contributed by atoms with Crippen LogP contribution in [0.1, 0.15) is 12.8 Å². The average Bonchev–Trinajstić information content (AvgIpc) is 3.34. The third kappa shape index (κ3) is 4.14. The van der Waals surface area contributed by atoms with Gasteiger partial charge in [-0.2, -0.15) is 0 Å². The zero-order valence-electron chi connectivity index (χ0n) is 14.8. The zero-order chi connectivity index (χ0) is 19.5. The van der Waals surface area contributed by atoms with E-state index in [2.05, 4.69) is 47.8 Å². The Morgan fingerprint density at radius 3 is 2.39 bits per heavy atom. The highest BCUT2D eigenvalue weighted by molar-refractivity contribution is 9.10. The topological polar surface area (TPSA) is 69.6 Å². The fraction of sp³-hybridized carbons (Fsp3) is 0.158. The van der Waals surface area contributed by atoms with E-state index in [0.29, 0.717) is 22.6 Å². The Morgan fingerprint density at radius 1 is 0.964 bits per heavy atom. The van der Waals surface area contributed by atoms with E-state index in [9.17, 15) is 0 Å². The summed E-state index contributed by atoms with van der Waals surface area (Å²) in [4.78, 5) is 0. The van der Waals surface area contributed by atoms with Crippen molar-refractivity contribution in [2.45, 2.75) is 24.4 Å². The molecule has 0 fully saturated rings. The number of aromatic nitrogens is 5. The Kier molecular flexibility index (Phi) is 5.79. The quantitative estimate of drug-likeness (QED) is 0.331. The van der Waals surface area contributed by atoms with Crippen LogP contribution in [0.5, 0.6) is 0 Å². The minimum absolute atomic E-state index is 0.472. The highest BCUT2D eigenvalue weighted by Gasteiger charge is 2.15. The molecular formula is C19H15BrClN5OS. The molecule has 6 nitrogen and oxygen atoms in total. The number of nitrogens with zero attached hydrogens (tertiary/aromatic N) is 5. The third-order valence-electron chi connectivity index (χ3n) is 4.02. The minimum atomic E-state index is 0.472. The van der Waals surface area contributed by atoms with Gasteiger partial charge >= 0.3 is 0 Å². The van der Waals surface area contributed by atoms with Gasteiger partial charge in [0.1, 0.15) is 0 Å². The molecule has 0 atom stereocenters. The summed E-state index contributed by atoms with van der Waals surface area (Å²) in [5.41, 5.74) is 1.86. The van der Waals surface area contributed by atoms with Gasteiger partial charge in [0, 0.05) is 27.2 Å². The Balaban J connectivity index is 1.49. The van der Waals surface area contributed by atoms with Crippen LogP contribution in [0.4, 0.5) is 0 Å². The normalized spacial score (nSPS) is 11.1. The largest absolute Gasteiger partial charge is 0.420 e. The van der Waals surface area contributed by atoms with Gasteiger partial charge in [-0.05, 0) is 43.3 Å². The lowest BCUT2D eigenvalue weighted by Gasteiger charge is -2.06. The summed E-state index contributed by atoms with van der Waals surface area (Å²) in [6.07, 6.45) is 0. The maximum atomic E-state index is 5.92. The number of benzene rings is 2. The van der Waals surface area contributed by atoms with Crippen molar-refractivity contribution < 1.29 is 4.42 Å². The molecule has 2 aromatic heterocycles. The number of rotatable bonds is 6. The second-order valence-corrected chi connectivity index (χ2v) is 8.15. The van der Waals surface area contributed by atoms with Crippen LogP contribution in [-0.4, -0.2) is 25.0 Å². The number of thioether (sulfide) groups is 1. The maximum absolute atomic E-state index is 5.92. The molecule has 2 heterocycles. The summed E-state index contributed by atoms with van der Waals surface area (Å²) in [5, 5.41) is 18.4. The molecule has 4 aromatic rings. The minimum Gasteiger partial charge on any atom is -0.420 e. The molecule has 0 amide bonds. The third-order valence-corrected chi connectivity index (χ3v) is 5.75. The predicted molar refractivity (Wildman–Crippen MR) is 113 cm³/mol. The molecule has 0 N–H and O–H groups in total. The van der Waals surface area contributed by atoms with Gasteiger partial charge < -0.3 is 8.98 Å². The number of halogens is 2. The van der Waals surface area contributed by atoms with Gasteiger partial charge in [0.15, 0.2) is 11.0 Å². The van der Waals surface area contributed by atoms with E-state index in [0.717, 1.165) is 33.1 Å². The lowest BCUT2D eigenvalue weighted by molar-refractivity contribution is 0.528. The SMILES string of the molecule is CCn1c(SCc2nnc(-c3ccc(Cl)cc3)o2)nnc1-c1ccc(Br)cc1. The Bertz CT molecular complexity index is 1080. The molecule has 0 aliphatic heterocycles. The van der Waals surface area contributed by atoms with Crippen molar-refractivity contribution in [3.8, 4) is 22.8 Å². The van der Waals surface area contributed by atoms with Crippen molar-refractivity contribution in [1.82, 2.24) is 25.0 Å². The van der Waals surface area contributed by atoms with Crippen molar-refractivity contribution in [3.05, 3.63) is 63.9 Å². The molecule has 28 heavy (non-hydrogen) atoms. The summed E-state index contributed by atoms with van der Waals surface area (Å²) < 4.78 is 8.86. The summed E-state index contributed by atoms with van der Waals surface area (Å²) in [6, 6.07) is 15.3. The number of hydrogen-bond donors (Lipinski definition) is 0. The van der Waals surface area contributed by atoms with Crippen LogP contribution >= 0.6 is 39.3 Å². The lowest BCUT2D eigenvalue weighted by Crippen LogP contribution is -1.99.